The van der Waals surface area contributed by atoms with Crippen molar-refractivity contribution in [2.24, 2.45) is 10.9 Å². The molecule has 0 radical (unpaired) electrons. The van der Waals surface area contributed by atoms with E-state index in [0.29, 0.717) is 5.92 Å². The summed E-state index contributed by atoms with van der Waals surface area (Å²) in [6.07, 6.45) is 2.06. The maximum absolute atomic E-state index is 6.03. The number of nitrogens with one attached hydrogen (secondary N) is 1. The van der Waals surface area contributed by atoms with E-state index in [1.165, 1.54) is 11.1 Å². The van der Waals surface area contributed by atoms with Gasteiger partial charge in [0, 0.05) is 39.2 Å². The number of likely N-dealkylation sites (N-methyl/N-ethyl adjacent to an activating group) is 1. The SMILES string of the molecule is CCNC(=NCC1CCOC1c1ccccc1)N(C)CCc1ccc(OC)c(OC)c1.I. The minimum atomic E-state index is 0. The van der Waals surface area contributed by atoms with Gasteiger partial charge in [0.25, 0.3) is 0 Å². The van der Waals surface area contributed by atoms with E-state index in [-0.39, 0.29) is 30.1 Å². The van der Waals surface area contributed by atoms with Gasteiger partial charge >= 0.3 is 0 Å². The highest BCUT2D eigenvalue weighted by Crippen LogP contribution is 2.34. The highest BCUT2D eigenvalue weighted by atomic mass is 127. The van der Waals surface area contributed by atoms with E-state index in [1.807, 2.05) is 18.2 Å². The molecule has 32 heavy (non-hydrogen) atoms. The summed E-state index contributed by atoms with van der Waals surface area (Å²) in [5.74, 6) is 2.84. The van der Waals surface area contributed by atoms with E-state index < -0.39 is 0 Å². The lowest BCUT2D eigenvalue weighted by atomic mass is 9.95. The maximum atomic E-state index is 6.03. The molecule has 0 bridgehead atoms. The van der Waals surface area contributed by atoms with Crippen molar-refractivity contribution >= 4 is 29.9 Å². The van der Waals surface area contributed by atoms with E-state index in [2.05, 4.69) is 54.5 Å². The average Bonchev–Trinajstić information content (AvgIpc) is 3.29. The predicted octanol–water partition coefficient (Wildman–Crippen LogP) is 4.54. The van der Waals surface area contributed by atoms with E-state index >= 15 is 0 Å². The van der Waals surface area contributed by atoms with Gasteiger partial charge in [0.05, 0.1) is 20.3 Å². The molecular formula is C25H36IN3O3. The summed E-state index contributed by atoms with van der Waals surface area (Å²) >= 11 is 0. The first-order valence-corrected chi connectivity index (χ1v) is 11.0. The van der Waals surface area contributed by atoms with Crippen LogP contribution in [-0.4, -0.2) is 58.4 Å². The van der Waals surface area contributed by atoms with E-state index in [9.17, 15) is 0 Å². The number of methoxy groups -OCH3 is 2. The highest BCUT2D eigenvalue weighted by Gasteiger charge is 2.29. The molecule has 0 spiro atoms. The zero-order valence-corrected chi connectivity index (χ0v) is 21.9. The van der Waals surface area contributed by atoms with Gasteiger partial charge in [-0.15, -0.1) is 24.0 Å². The second-order valence-electron chi connectivity index (χ2n) is 7.81. The lowest BCUT2D eigenvalue weighted by molar-refractivity contribution is 0.0925. The topological polar surface area (TPSA) is 55.3 Å². The molecule has 3 rings (SSSR count). The first-order chi connectivity index (χ1) is 15.2. The van der Waals surface area contributed by atoms with Crippen molar-refractivity contribution in [3.8, 4) is 11.5 Å². The van der Waals surface area contributed by atoms with E-state index in [0.717, 1.165) is 56.5 Å². The predicted molar refractivity (Wildman–Crippen MR) is 141 cm³/mol. The van der Waals surface area contributed by atoms with Gasteiger partial charge in [-0.3, -0.25) is 4.99 Å². The molecule has 7 heteroatoms. The number of hydrogen-bond donors (Lipinski definition) is 1. The number of aliphatic imine (C=N–C) groups is 1. The molecule has 1 fully saturated rings. The molecular weight excluding hydrogens is 517 g/mol. The molecule has 1 N–H and O–H groups in total. The number of hydrogen-bond acceptors (Lipinski definition) is 4. The van der Waals surface area contributed by atoms with Crippen molar-refractivity contribution < 1.29 is 14.2 Å². The van der Waals surface area contributed by atoms with Crippen LogP contribution >= 0.6 is 24.0 Å². The number of benzene rings is 2. The molecule has 0 aromatic heterocycles. The largest absolute Gasteiger partial charge is 0.493 e. The molecule has 1 aliphatic heterocycles. The third-order valence-electron chi connectivity index (χ3n) is 5.70. The summed E-state index contributed by atoms with van der Waals surface area (Å²) in [6.45, 7) is 5.34. The number of nitrogens with zero attached hydrogens (tertiary/aromatic N) is 2. The van der Waals surface area contributed by atoms with Gasteiger partial charge in [0.1, 0.15) is 0 Å². The van der Waals surface area contributed by atoms with Gasteiger partial charge in [0.2, 0.25) is 0 Å². The fourth-order valence-corrected chi connectivity index (χ4v) is 3.94. The van der Waals surface area contributed by atoms with Crippen molar-refractivity contribution in [1.29, 1.82) is 0 Å². The number of rotatable bonds is 9. The lowest BCUT2D eigenvalue weighted by Gasteiger charge is -2.24. The number of ether oxygens (including phenoxy) is 3. The van der Waals surface area contributed by atoms with Crippen LogP contribution in [0.2, 0.25) is 0 Å². The molecule has 2 aromatic carbocycles. The summed E-state index contributed by atoms with van der Waals surface area (Å²) in [5.41, 5.74) is 2.45. The second-order valence-corrected chi connectivity index (χ2v) is 7.81. The average molecular weight is 553 g/mol. The van der Waals surface area contributed by atoms with Gasteiger partial charge in [-0.2, -0.15) is 0 Å². The summed E-state index contributed by atoms with van der Waals surface area (Å²) in [4.78, 5) is 7.14. The summed E-state index contributed by atoms with van der Waals surface area (Å²) < 4.78 is 16.8. The smallest absolute Gasteiger partial charge is 0.193 e. The third kappa shape index (κ3) is 7.00. The van der Waals surface area contributed by atoms with Gasteiger partial charge in [-0.1, -0.05) is 36.4 Å². The molecule has 176 valence electrons. The Hall–Kier alpha value is -2.00. The van der Waals surface area contributed by atoms with Crippen LogP contribution in [0.5, 0.6) is 11.5 Å². The Labute approximate surface area is 209 Å². The fourth-order valence-electron chi connectivity index (χ4n) is 3.94. The van der Waals surface area contributed by atoms with Crippen LogP contribution in [0.4, 0.5) is 0 Å². The Morgan fingerprint density at radius 2 is 1.88 bits per heavy atom. The van der Waals surface area contributed by atoms with Gasteiger partial charge in [-0.25, -0.2) is 0 Å². The number of halogens is 1. The van der Waals surface area contributed by atoms with Crippen LogP contribution < -0.4 is 14.8 Å². The monoisotopic (exact) mass is 553 g/mol. The van der Waals surface area contributed by atoms with Crippen LogP contribution in [0, 0.1) is 5.92 Å². The number of guanidine groups is 1. The summed E-state index contributed by atoms with van der Waals surface area (Å²) in [6, 6.07) is 16.6. The van der Waals surface area contributed by atoms with Crippen molar-refractivity contribution in [3.63, 3.8) is 0 Å². The zero-order valence-electron chi connectivity index (χ0n) is 19.5. The molecule has 0 aliphatic carbocycles. The van der Waals surface area contributed by atoms with Crippen molar-refractivity contribution in [2.45, 2.75) is 25.9 Å². The van der Waals surface area contributed by atoms with Crippen molar-refractivity contribution in [3.05, 3.63) is 59.7 Å². The van der Waals surface area contributed by atoms with E-state index in [4.69, 9.17) is 19.2 Å². The lowest BCUT2D eigenvalue weighted by Crippen LogP contribution is -2.40. The molecule has 1 saturated heterocycles. The summed E-state index contributed by atoms with van der Waals surface area (Å²) in [5, 5.41) is 3.43. The first kappa shape index (κ1) is 26.3. The van der Waals surface area contributed by atoms with Gasteiger partial charge in [0.15, 0.2) is 17.5 Å². The van der Waals surface area contributed by atoms with Crippen LogP contribution in [0.1, 0.15) is 30.6 Å². The Kier molecular flexibility index (Phi) is 11.1. The Morgan fingerprint density at radius 3 is 2.56 bits per heavy atom. The second kappa shape index (κ2) is 13.5. The van der Waals surface area contributed by atoms with E-state index in [1.54, 1.807) is 14.2 Å². The normalized spacial score (nSPS) is 18.1. The maximum Gasteiger partial charge on any atom is 0.193 e. The molecule has 0 amide bonds. The third-order valence-corrected chi connectivity index (χ3v) is 5.70. The zero-order chi connectivity index (χ0) is 22.1. The van der Waals surface area contributed by atoms with Crippen LogP contribution in [0.25, 0.3) is 0 Å². The molecule has 6 nitrogen and oxygen atoms in total. The summed E-state index contributed by atoms with van der Waals surface area (Å²) in [7, 11) is 5.41. The molecule has 2 atom stereocenters. The van der Waals surface area contributed by atoms with Crippen LogP contribution in [0.15, 0.2) is 53.5 Å². The Bertz CT molecular complexity index is 848. The van der Waals surface area contributed by atoms with Crippen LogP contribution in [-0.2, 0) is 11.2 Å². The first-order valence-electron chi connectivity index (χ1n) is 11.0. The van der Waals surface area contributed by atoms with Crippen LogP contribution in [0.3, 0.4) is 0 Å². The Morgan fingerprint density at radius 1 is 1.12 bits per heavy atom. The highest BCUT2D eigenvalue weighted by molar-refractivity contribution is 14.0. The molecule has 2 unspecified atom stereocenters. The van der Waals surface area contributed by atoms with Crippen molar-refractivity contribution in [2.75, 3.05) is 47.5 Å². The molecule has 1 aliphatic rings. The molecule has 1 heterocycles. The Balaban J connectivity index is 0.00000363. The van der Waals surface area contributed by atoms with Gasteiger partial charge < -0.3 is 24.4 Å². The molecule has 0 saturated carbocycles. The fraction of sp³-hybridized carbons (Fsp3) is 0.480. The standard InChI is InChI=1S/C25H35N3O3.HI/c1-5-26-25(27-18-21-14-16-31-24(21)20-9-7-6-8-10-20)28(2)15-13-19-11-12-22(29-3)23(17-19)30-4;/h6-12,17,21,24H,5,13-16,18H2,1-4H3,(H,26,27);1H. The minimum Gasteiger partial charge on any atom is -0.493 e. The minimum absolute atomic E-state index is 0. The molecule has 2 aromatic rings. The quantitative estimate of drug-likeness (QED) is 0.281. The van der Waals surface area contributed by atoms with Gasteiger partial charge in [-0.05, 0) is 43.0 Å². The van der Waals surface area contributed by atoms with Crippen molar-refractivity contribution in [1.82, 2.24) is 10.2 Å².